The molecule has 0 saturated carbocycles. The summed E-state index contributed by atoms with van der Waals surface area (Å²) in [6, 6.07) is 6.37. The molecule has 258 valence electrons. The minimum Gasteiger partial charge on any atom is -0.387 e. The van der Waals surface area contributed by atoms with E-state index in [1.807, 2.05) is 13.0 Å². The van der Waals surface area contributed by atoms with Crippen LogP contribution in [0.2, 0.25) is 0 Å². The van der Waals surface area contributed by atoms with E-state index in [2.05, 4.69) is 106 Å². The molecular weight excluding hydrogens is 579 g/mol. The molecule has 8 nitrogen and oxygen atoms in total. The average Bonchev–Trinajstić information content (AvgIpc) is 2.95. The van der Waals surface area contributed by atoms with Gasteiger partial charge in [0.05, 0.1) is 17.1 Å². The van der Waals surface area contributed by atoms with E-state index in [9.17, 15) is 0 Å². The highest BCUT2D eigenvalue weighted by Gasteiger charge is 2.32. The van der Waals surface area contributed by atoms with E-state index in [-0.39, 0.29) is 5.60 Å². The number of nitrogens with zero attached hydrogens (tertiary/aromatic N) is 5. The summed E-state index contributed by atoms with van der Waals surface area (Å²) in [6.45, 7) is 27.5. The van der Waals surface area contributed by atoms with Crippen molar-refractivity contribution >= 4 is 41.4 Å². The number of rotatable bonds is 17. The molecule has 9 heteroatoms. The zero-order valence-electron chi connectivity index (χ0n) is 30.5. The Morgan fingerprint density at radius 3 is 2.18 bits per heavy atom. The van der Waals surface area contributed by atoms with Gasteiger partial charge in [-0.15, -0.1) is 12.6 Å². The highest BCUT2D eigenvalue weighted by atomic mass is 32.1. The lowest BCUT2D eigenvalue weighted by molar-refractivity contribution is -0.0941. The summed E-state index contributed by atoms with van der Waals surface area (Å²) in [7, 11) is 4.20. The Kier molecular flexibility index (Phi) is 18.4. The lowest BCUT2D eigenvalue weighted by Gasteiger charge is -2.42. The van der Waals surface area contributed by atoms with Crippen LogP contribution in [-0.2, 0) is 4.74 Å². The number of amidine groups is 2. The molecule has 0 amide bonds. The third-order valence-corrected chi connectivity index (χ3v) is 8.08. The minimum absolute atomic E-state index is 0.198. The predicted octanol–water partition coefficient (Wildman–Crippen LogP) is 7.87. The molecule has 1 fully saturated rings. The van der Waals surface area contributed by atoms with E-state index in [1.54, 1.807) is 0 Å². The highest BCUT2D eigenvalue weighted by Crippen LogP contribution is 2.34. The van der Waals surface area contributed by atoms with Crippen LogP contribution in [0.25, 0.3) is 5.70 Å². The zero-order chi connectivity index (χ0) is 34.2. The summed E-state index contributed by atoms with van der Waals surface area (Å²) in [5.74, 6) is 1.13. The first kappa shape index (κ1) is 41.0. The number of unbranched alkanes of at least 4 members (excludes halogenated alkanes) is 2. The maximum absolute atomic E-state index is 8.93. The van der Waals surface area contributed by atoms with Gasteiger partial charge in [0.15, 0.2) is 0 Å². The fraction of sp³-hybridized carbons (Fsp3) is 0.722. The van der Waals surface area contributed by atoms with Crippen molar-refractivity contribution in [1.29, 1.82) is 5.41 Å². The smallest absolute Gasteiger partial charge is 0.121 e. The van der Waals surface area contributed by atoms with E-state index in [1.165, 1.54) is 6.42 Å². The number of piperazine rings is 1. The second-order valence-electron chi connectivity index (χ2n) is 13.5. The molecule has 1 saturated heterocycles. The number of nitrogens with two attached hydrogens (primary N) is 1. The summed E-state index contributed by atoms with van der Waals surface area (Å²) in [4.78, 5) is 13.3. The Morgan fingerprint density at radius 1 is 1.04 bits per heavy atom. The van der Waals surface area contributed by atoms with Crippen molar-refractivity contribution in [3.63, 3.8) is 0 Å². The molecule has 45 heavy (non-hydrogen) atoms. The Balaban J connectivity index is 0.00000324. The standard InChI is InChI=1S/C33H59N7OS.C3H8/c1-10-12-15-31(35)40(19-14-13-18-37(8)9)26(3)29-24-28(16-17-30(29)36-27(4)34)39-22-20-38(21-23-39)25-33(7,42)41-32(5,6)11-2;1-3-2/h16-17,24,35,42H,3,10-15,18-23,25H2,1-2,4-9H3,(H2,34,36);3H2,1-2H3. The molecule has 0 radical (unpaired) electrons. The zero-order valence-corrected chi connectivity index (χ0v) is 31.4. The van der Waals surface area contributed by atoms with Crippen LogP contribution in [0.5, 0.6) is 0 Å². The van der Waals surface area contributed by atoms with Crippen molar-refractivity contribution in [3.8, 4) is 0 Å². The van der Waals surface area contributed by atoms with Gasteiger partial charge in [-0.3, -0.25) is 10.3 Å². The Labute approximate surface area is 282 Å². The molecule has 2 rings (SSSR count). The van der Waals surface area contributed by atoms with Gasteiger partial charge in [-0.1, -0.05) is 47.1 Å². The molecule has 0 aromatic heterocycles. The first-order valence-corrected chi connectivity index (χ1v) is 17.6. The third kappa shape index (κ3) is 15.4. The Bertz CT molecular complexity index is 1060. The molecular formula is C36H67N7OS. The summed E-state index contributed by atoms with van der Waals surface area (Å²) in [6.07, 6.45) is 7.04. The van der Waals surface area contributed by atoms with E-state index < -0.39 is 4.93 Å². The molecule has 1 aliphatic heterocycles. The van der Waals surface area contributed by atoms with Crippen LogP contribution in [0.1, 0.15) is 106 Å². The number of hydrogen-bond acceptors (Lipinski definition) is 7. The molecule has 1 atom stereocenters. The summed E-state index contributed by atoms with van der Waals surface area (Å²) >= 11 is 4.87. The fourth-order valence-corrected chi connectivity index (χ4v) is 5.72. The van der Waals surface area contributed by atoms with Crippen molar-refractivity contribution < 1.29 is 4.74 Å². The minimum atomic E-state index is -0.509. The first-order chi connectivity index (χ1) is 21.1. The molecule has 0 spiro atoms. The molecule has 0 bridgehead atoms. The monoisotopic (exact) mass is 646 g/mol. The van der Waals surface area contributed by atoms with Gasteiger partial charge in [0, 0.05) is 62.6 Å². The van der Waals surface area contributed by atoms with Gasteiger partial charge >= 0.3 is 0 Å². The third-order valence-electron chi connectivity index (χ3n) is 7.85. The van der Waals surface area contributed by atoms with E-state index in [0.717, 1.165) is 107 Å². The van der Waals surface area contributed by atoms with Crippen LogP contribution in [0.4, 0.5) is 11.4 Å². The average molecular weight is 646 g/mol. The number of thiol groups is 1. The quantitative estimate of drug-likeness (QED) is 0.0526. The topological polar surface area (TPSA) is 84.4 Å². The highest BCUT2D eigenvalue weighted by molar-refractivity contribution is 7.81. The number of hydrogen-bond donors (Lipinski definition) is 3. The van der Waals surface area contributed by atoms with Crippen LogP contribution < -0.4 is 10.6 Å². The van der Waals surface area contributed by atoms with E-state index in [4.69, 9.17) is 28.5 Å². The Morgan fingerprint density at radius 2 is 1.64 bits per heavy atom. The van der Waals surface area contributed by atoms with Crippen LogP contribution in [-0.4, -0.2) is 96.8 Å². The van der Waals surface area contributed by atoms with Crippen LogP contribution in [0.15, 0.2) is 29.8 Å². The molecule has 1 heterocycles. The number of nitrogens with one attached hydrogen (secondary N) is 1. The van der Waals surface area contributed by atoms with Gasteiger partial charge in [0.25, 0.3) is 0 Å². The second kappa shape index (κ2) is 20.2. The predicted molar refractivity (Wildman–Crippen MR) is 202 cm³/mol. The summed E-state index contributed by atoms with van der Waals surface area (Å²) < 4.78 is 6.34. The molecule has 1 aromatic carbocycles. The van der Waals surface area contributed by atoms with E-state index >= 15 is 0 Å². The van der Waals surface area contributed by atoms with Gasteiger partial charge in [-0.25, -0.2) is 4.99 Å². The lowest BCUT2D eigenvalue weighted by Crippen LogP contribution is -2.51. The molecule has 1 aromatic rings. The van der Waals surface area contributed by atoms with Gasteiger partial charge in [-0.2, -0.15) is 0 Å². The number of benzene rings is 1. The normalized spacial score (nSPS) is 15.8. The molecule has 0 aliphatic carbocycles. The van der Waals surface area contributed by atoms with Crippen LogP contribution >= 0.6 is 12.6 Å². The first-order valence-electron chi connectivity index (χ1n) is 17.1. The number of aliphatic imine (C=N–C) groups is 1. The number of anilines is 1. The SMILES string of the molecule is C=C(c1cc(N2CCN(CC(C)(S)OC(C)(C)CC)CC2)ccc1N=C(C)N)N(CCCCN(C)C)C(=N)CCCC.CCC. The largest absolute Gasteiger partial charge is 0.387 e. The van der Waals surface area contributed by atoms with Crippen molar-refractivity contribution in [2.24, 2.45) is 10.7 Å². The van der Waals surface area contributed by atoms with Crippen LogP contribution in [0.3, 0.4) is 0 Å². The lowest BCUT2D eigenvalue weighted by atomic mass is 10.1. The maximum Gasteiger partial charge on any atom is 0.121 e. The van der Waals surface area contributed by atoms with Gasteiger partial charge in [0.2, 0.25) is 0 Å². The van der Waals surface area contributed by atoms with Crippen molar-refractivity contribution in [2.45, 2.75) is 111 Å². The van der Waals surface area contributed by atoms with Crippen molar-refractivity contribution in [1.82, 2.24) is 14.7 Å². The Hall–Kier alpha value is -2.07. The molecule has 1 unspecified atom stereocenters. The van der Waals surface area contributed by atoms with Crippen LogP contribution in [0, 0.1) is 5.41 Å². The fourth-order valence-electron chi connectivity index (χ4n) is 5.27. The summed E-state index contributed by atoms with van der Waals surface area (Å²) in [5, 5.41) is 8.93. The van der Waals surface area contributed by atoms with Gasteiger partial charge < -0.3 is 25.2 Å². The molecule has 3 N–H and O–H groups in total. The van der Waals surface area contributed by atoms with Crippen molar-refractivity contribution in [3.05, 3.63) is 30.3 Å². The van der Waals surface area contributed by atoms with Gasteiger partial charge in [-0.05, 0) is 92.2 Å². The summed E-state index contributed by atoms with van der Waals surface area (Å²) in [5.41, 5.74) is 9.54. The maximum atomic E-state index is 8.93. The van der Waals surface area contributed by atoms with E-state index in [0.29, 0.717) is 11.7 Å². The second-order valence-corrected chi connectivity index (χ2v) is 14.4. The number of ether oxygens (including phenoxy) is 1. The molecule has 1 aliphatic rings. The van der Waals surface area contributed by atoms with Crippen molar-refractivity contribution in [2.75, 3.05) is 64.8 Å². The van der Waals surface area contributed by atoms with Gasteiger partial charge in [0.1, 0.15) is 10.8 Å².